The Morgan fingerprint density at radius 3 is 2.65 bits per heavy atom. The van der Waals surface area contributed by atoms with E-state index in [4.69, 9.17) is 9.47 Å². The molecule has 0 bridgehead atoms. The van der Waals surface area contributed by atoms with Crippen molar-refractivity contribution in [3.05, 3.63) is 23.8 Å². The first-order valence-electron chi connectivity index (χ1n) is 6.32. The summed E-state index contributed by atoms with van der Waals surface area (Å²) in [6, 6.07) is 5.44. The Hall–Kier alpha value is -1.31. The molecule has 0 aliphatic carbocycles. The van der Waals surface area contributed by atoms with Crippen LogP contribution in [0.25, 0.3) is 0 Å². The van der Waals surface area contributed by atoms with Gasteiger partial charge in [0.1, 0.15) is 12.2 Å². The van der Waals surface area contributed by atoms with Gasteiger partial charge in [-0.25, -0.2) is 8.42 Å². The number of nitrogens with one attached hydrogen (secondary N) is 1. The molecule has 1 aliphatic heterocycles. The minimum atomic E-state index is -3.23. The van der Waals surface area contributed by atoms with Crippen molar-refractivity contribution in [3.8, 4) is 11.5 Å². The zero-order valence-electron chi connectivity index (χ0n) is 11.5. The van der Waals surface area contributed by atoms with Gasteiger partial charge in [-0.2, -0.15) is 0 Å². The van der Waals surface area contributed by atoms with E-state index in [1.54, 1.807) is 12.1 Å². The molecular formula is C13H19NO5S. The molecule has 1 fully saturated rings. The summed E-state index contributed by atoms with van der Waals surface area (Å²) >= 11 is 0. The summed E-state index contributed by atoms with van der Waals surface area (Å²) in [5, 5.41) is 12.8. The largest absolute Gasteiger partial charge is 0.493 e. The monoisotopic (exact) mass is 301 g/mol. The third-order valence-corrected chi connectivity index (χ3v) is 4.85. The molecule has 20 heavy (non-hydrogen) atoms. The molecule has 0 saturated carbocycles. The van der Waals surface area contributed by atoms with Crippen LogP contribution in [0.5, 0.6) is 11.5 Å². The zero-order valence-corrected chi connectivity index (χ0v) is 12.3. The Bertz CT molecular complexity index is 572. The van der Waals surface area contributed by atoms with E-state index in [0.717, 1.165) is 5.56 Å². The maximum Gasteiger partial charge on any atom is 0.162 e. The summed E-state index contributed by atoms with van der Waals surface area (Å²) in [5.41, 5.74) is 0.985. The summed E-state index contributed by atoms with van der Waals surface area (Å²) < 4.78 is 33.8. The van der Waals surface area contributed by atoms with Crippen LogP contribution < -0.4 is 14.8 Å². The van der Waals surface area contributed by atoms with Gasteiger partial charge in [0.25, 0.3) is 0 Å². The molecule has 112 valence electrons. The van der Waals surface area contributed by atoms with Crippen LogP contribution in [-0.4, -0.2) is 51.4 Å². The van der Waals surface area contributed by atoms with Gasteiger partial charge < -0.3 is 19.9 Å². The lowest BCUT2D eigenvalue weighted by Gasteiger charge is -2.18. The molecule has 1 aromatic rings. The highest BCUT2D eigenvalue weighted by Crippen LogP contribution is 2.31. The van der Waals surface area contributed by atoms with Crippen LogP contribution >= 0.6 is 0 Å². The van der Waals surface area contributed by atoms with Gasteiger partial charge in [-0.1, -0.05) is 6.07 Å². The van der Waals surface area contributed by atoms with E-state index >= 15 is 0 Å². The van der Waals surface area contributed by atoms with Gasteiger partial charge in [0.05, 0.1) is 18.6 Å². The van der Waals surface area contributed by atoms with Gasteiger partial charge in [-0.15, -0.1) is 0 Å². The fourth-order valence-corrected chi connectivity index (χ4v) is 3.86. The van der Waals surface area contributed by atoms with Gasteiger partial charge in [-0.3, -0.25) is 0 Å². The summed E-state index contributed by atoms with van der Waals surface area (Å²) in [7, 11) is 0.114. The van der Waals surface area contributed by atoms with Gasteiger partial charge in [0, 0.05) is 6.54 Å². The number of aliphatic hydroxyl groups is 1. The number of aliphatic hydroxyl groups excluding tert-OH is 1. The van der Waals surface area contributed by atoms with Crippen molar-refractivity contribution >= 4 is 9.84 Å². The molecule has 1 aromatic carbocycles. The van der Waals surface area contributed by atoms with Crippen molar-refractivity contribution in [3.63, 3.8) is 0 Å². The van der Waals surface area contributed by atoms with Crippen LogP contribution in [0.15, 0.2) is 18.2 Å². The summed E-state index contributed by atoms with van der Waals surface area (Å²) in [6.45, 7) is 0.659. The van der Waals surface area contributed by atoms with Crippen molar-refractivity contribution < 1.29 is 23.0 Å². The molecule has 0 aromatic heterocycles. The van der Waals surface area contributed by atoms with Crippen molar-refractivity contribution in [1.29, 1.82) is 0 Å². The van der Waals surface area contributed by atoms with Crippen LogP contribution in [0.3, 0.4) is 0 Å². The van der Waals surface area contributed by atoms with Gasteiger partial charge in [0.2, 0.25) is 0 Å². The SMILES string of the molecule is CNCc1ccc(OC)c(OC2CS(=O)(=O)CC2O)c1. The lowest BCUT2D eigenvalue weighted by Crippen LogP contribution is -2.30. The van der Waals surface area contributed by atoms with E-state index in [1.807, 2.05) is 13.1 Å². The third kappa shape index (κ3) is 3.41. The first-order valence-corrected chi connectivity index (χ1v) is 8.14. The lowest BCUT2D eigenvalue weighted by atomic mass is 10.2. The molecule has 1 heterocycles. The number of rotatable bonds is 5. The van der Waals surface area contributed by atoms with E-state index in [1.165, 1.54) is 7.11 Å². The predicted octanol–water partition coefficient (Wildman–Crippen LogP) is -0.0487. The highest BCUT2D eigenvalue weighted by atomic mass is 32.2. The molecule has 6 nitrogen and oxygen atoms in total. The van der Waals surface area contributed by atoms with E-state index in [0.29, 0.717) is 18.0 Å². The number of benzene rings is 1. The van der Waals surface area contributed by atoms with Gasteiger partial charge in [0.15, 0.2) is 21.3 Å². The number of sulfone groups is 1. The van der Waals surface area contributed by atoms with E-state index in [2.05, 4.69) is 5.32 Å². The number of ether oxygens (including phenoxy) is 2. The van der Waals surface area contributed by atoms with Crippen LogP contribution in [-0.2, 0) is 16.4 Å². The molecule has 2 atom stereocenters. The Labute approximate surface area is 118 Å². The molecule has 2 N–H and O–H groups in total. The quantitative estimate of drug-likeness (QED) is 0.793. The molecular weight excluding hydrogens is 282 g/mol. The third-order valence-electron chi connectivity index (χ3n) is 3.16. The maximum atomic E-state index is 11.5. The standard InChI is InChI=1S/C13H19NO5S/c1-14-6-9-3-4-11(18-2)12(5-9)19-13-8-20(16,17)7-10(13)15/h3-5,10,13-15H,6-8H2,1-2H3. The van der Waals surface area contributed by atoms with E-state index in [9.17, 15) is 13.5 Å². The molecule has 0 radical (unpaired) electrons. The Balaban J connectivity index is 2.21. The highest BCUT2D eigenvalue weighted by Gasteiger charge is 2.38. The molecule has 0 amide bonds. The first-order chi connectivity index (χ1) is 9.45. The smallest absolute Gasteiger partial charge is 0.162 e. The van der Waals surface area contributed by atoms with Crippen molar-refractivity contribution in [2.45, 2.75) is 18.8 Å². The zero-order chi connectivity index (χ0) is 14.8. The van der Waals surface area contributed by atoms with Crippen molar-refractivity contribution in [1.82, 2.24) is 5.32 Å². The molecule has 1 saturated heterocycles. The van der Waals surface area contributed by atoms with Crippen LogP contribution in [0.1, 0.15) is 5.56 Å². The number of hydrogen-bond donors (Lipinski definition) is 2. The minimum Gasteiger partial charge on any atom is -0.493 e. The second-order valence-corrected chi connectivity index (χ2v) is 6.97. The average molecular weight is 301 g/mol. The summed E-state index contributed by atoms with van der Waals surface area (Å²) in [4.78, 5) is 0. The number of methoxy groups -OCH3 is 1. The normalized spacial score (nSPS) is 24.6. The van der Waals surface area contributed by atoms with Crippen molar-refractivity contribution in [2.75, 3.05) is 25.7 Å². The van der Waals surface area contributed by atoms with Crippen LogP contribution in [0.4, 0.5) is 0 Å². The second-order valence-electron chi connectivity index (χ2n) is 4.82. The summed E-state index contributed by atoms with van der Waals surface area (Å²) in [6.07, 6.45) is -1.75. The minimum absolute atomic E-state index is 0.173. The molecule has 1 aliphatic rings. The van der Waals surface area contributed by atoms with E-state index < -0.39 is 22.0 Å². The molecule has 7 heteroatoms. The second kappa shape index (κ2) is 5.99. The summed E-state index contributed by atoms with van der Waals surface area (Å²) in [5.74, 6) is 0.534. The topological polar surface area (TPSA) is 84.9 Å². The van der Waals surface area contributed by atoms with Crippen molar-refractivity contribution in [2.24, 2.45) is 0 Å². The molecule has 2 rings (SSSR count). The maximum absolute atomic E-state index is 11.5. The lowest BCUT2D eigenvalue weighted by molar-refractivity contribution is 0.0718. The van der Waals surface area contributed by atoms with Gasteiger partial charge >= 0.3 is 0 Å². The Kier molecular flexibility index (Phi) is 4.52. The van der Waals surface area contributed by atoms with Gasteiger partial charge in [-0.05, 0) is 24.7 Å². The van der Waals surface area contributed by atoms with Crippen LogP contribution in [0, 0.1) is 0 Å². The molecule has 0 spiro atoms. The average Bonchev–Trinajstić information content (AvgIpc) is 2.63. The Morgan fingerprint density at radius 1 is 1.35 bits per heavy atom. The number of hydrogen-bond acceptors (Lipinski definition) is 6. The first kappa shape index (κ1) is 15.1. The highest BCUT2D eigenvalue weighted by molar-refractivity contribution is 7.91. The molecule has 2 unspecified atom stereocenters. The predicted molar refractivity (Wildman–Crippen MR) is 74.8 cm³/mol. The van der Waals surface area contributed by atoms with Crippen LogP contribution in [0.2, 0.25) is 0 Å². The fourth-order valence-electron chi connectivity index (χ4n) is 2.20. The van der Waals surface area contributed by atoms with E-state index in [-0.39, 0.29) is 11.5 Å². The fraction of sp³-hybridized carbons (Fsp3) is 0.538. The Morgan fingerprint density at radius 2 is 2.10 bits per heavy atom.